The topological polar surface area (TPSA) is 101 Å². The predicted molar refractivity (Wildman–Crippen MR) is 110 cm³/mol. The maximum absolute atomic E-state index is 11.6. The van der Waals surface area contributed by atoms with Crippen molar-refractivity contribution < 1.29 is 19.4 Å². The van der Waals surface area contributed by atoms with Gasteiger partial charge in [0.15, 0.2) is 5.78 Å². The van der Waals surface area contributed by atoms with Crippen LogP contribution in [0.3, 0.4) is 0 Å². The number of hydrogen-bond acceptors (Lipinski definition) is 6. The minimum Gasteiger partial charge on any atom is -0.480 e. The lowest BCUT2D eigenvalue weighted by atomic mass is 10.0. The summed E-state index contributed by atoms with van der Waals surface area (Å²) in [4.78, 5) is 31.3. The summed E-state index contributed by atoms with van der Waals surface area (Å²) < 4.78 is 6.30. The van der Waals surface area contributed by atoms with E-state index in [9.17, 15) is 14.7 Å². The van der Waals surface area contributed by atoms with Crippen molar-refractivity contribution in [3.8, 4) is 11.6 Å². The number of Topliss-reactive ketones (excluding diaryl/α,β-unsaturated/α-hetero) is 1. The number of halogens is 1. The van der Waals surface area contributed by atoms with Crippen molar-refractivity contribution in [2.75, 3.05) is 0 Å². The Bertz CT molecular complexity index is 1120. The van der Waals surface area contributed by atoms with Gasteiger partial charge in [0.2, 0.25) is 5.88 Å². The molecule has 0 unspecified atom stereocenters. The predicted octanol–water partition coefficient (Wildman–Crippen LogP) is 3.59. The summed E-state index contributed by atoms with van der Waals surface area (Å²) in [6.45, 7) is 0. The molecule has 8 heteroatoms. The van der Waals surface area contributed by atoms with E-state index in [-0.39, 0.29) is 18.6 Å². The van der Waals surface area contributed by atoms with Gasteiger partial charge in [0.05, 0.1) is 16.3 Å². The highest BCUT2D eigenvalue weighted by Crippen LogP contribution is 2.29. The number of ketones is 1. The fourth-order valence-corrected chi connectivity index (χ4v) is 3.40. The Kier molecular flexibility index (Phi) is 5.26. The van der Waals surface area contributed by atoms with Gasteiger partial charge in [-0.25, -0.2) is 9.78 Å². The SMILES string of the molecule is O=C1CC(N[C@@H](Cc2ccc(Oc3nccc4ccncc34)cc2)C(=O)O)=C1Br. The maximum Gasteiger partial charge on any atom is 0.326 e. The maximum atomic E-state index is 11.6. The Morgan fingerprint density at radius 1 is 1.21 bits per heavy atom. The molecule has 4 rings (SSSR count). The molecule has 29 heavy (non-hydrogen) atoms. The molecule has 1 aliphatic rings. The van der Waals surface area contributed by atoms with Gasteiger partial charge < -0.3 is 15.2 Å². The quantitative estimate of drug-likeness (QED) is 0.563. The second-order valence-corrected chi connectivity index (χ2v) is 7.38. The molecule has 0 bridgehead atoms. The van der Waals surface area contributed by atoms with Crippen molar-refractivity contribution in [2.45, 2.75) is 18.9 Å². The van der Waals surface area contributed by atoms with Gasteiger partial charge in [-0.3, -0.25) is 9.78 Å². The van der Waals surface area contributed by atoms with Crippen molar-refractivity contribution in [3.63, 3.8) is 0 Å². The Hall–Kier alpha value is -3.26. The van der Waals surface area contributed by atoms with Crippen LogP contribution in [-0.2, 0) is 16.0 Å². The number of carbonyl (C=O) groups excluding carboxylic acids is 1. The average molecular weight is 454 g/mol. The van der Waals surface area contributed by atoms with E-state index in [2.05, 4.69) is 31.2 Å². The van der Waals surface area contributed by atoms with E-state index in [0.29, 0.717) is 21.8 Å². The van der Waals surface area contributed by atoms with E-state index in [4.69, 9.17) is 4.74 Å². The molecule has 0 radical (unpaired) electrons. The van der Waals surface area contributed by atoms with Crippen LogP contribution in [0.4, 0.5) is 0 Å². The molecule has 1 atom stereocenters. The summed E-state index contributed by atoms with van der Waals surface area (Å²) in [5.74, 6) is 0.0349. The summed E-state index contributed by atoms with van der Waals surface area (Å²) in [7, 11) is 0. The van der Waals surface area contributed by atoms with E-state index in [1.165, 1.54) is 0 Å². The molecule has 2 N–H and O–H groups in total. The molecule has 2 aromatic heterocycles. The van der Waals surface area contributed by atoms with Crippen LogP contribution < -0.4 is 10.1 Å². The smallest absolute Gasteiger partial charge is 0.326 e. The molecule has 0 saturated carbocycles. The Morgan fingerprint density at radius 2 is 1.97 bits per heavy atom. The number of hydrogen-bond donors (Lipinski definition) is 2. The number of ether oxygens (including phenoxy) is 1. The standard InChI is InChI=1S/C21H16BrN3O4/c22-19-16(10-18(19)26)25-17(21(27)28)9-12-1-3-14(4-2-12)29-20-15-11-23-7-5-13(15)6-8-24-20/h1-8,11,17,25H,9-10H2,(H,27,28)/t17-/m0/s1. The minimum absolute atomic E-state index is 0.0321. The number of allylic oxidation sites excluding steroid dienone is 2. The number of rotatable bonds is 7. The molecule has 2 heterocycles. The first kappa shape index (κ1) is 19.1. The van der Waals surface area contributed by atoms with Gasteiger partial charge in [0.1, 0.15) is 11.8 Å². The first-order chi connectivity index (χ1) is 14.0. The number of aromatic nitrogens is 2. The van der Waals surface area contributed by atoms with Crippen LogP contribution in [0.1, 0.15) is 12.0 Å². The molecule has 146 valence electrons. The van der Waals surface area contributed by atoms with Crippen LogP contribution in [0.5, 0.6) is 11.6 Å². The number of carboxylic acid groups (broad SMARTS) is 1. The molecular formula is C21H16BrN3O4. The molecule has 0 amide bonds. The third kappa shape index (κ3) is 4.12. The molecule has 0 aliphatic heterocycles. The second kappa shape index (κ2) is 8.00. The number of pyridine rings is 2. The summed E-state index contributed by atoms with van der Waals surface area (Å²) in [6.07, 6.45) is 5.58. The highest BCUT2D eigenvalue weighted by Gasteiger charge is 2.29. The number of nitrogens with zero attached hydrogens (tertiary/aromatic N) is 2. The van der Waals surface area contributed by atoms with Gasteiger partial charge in [0.25, 0.3) is 0 Å². The zero-order valence-electron chi connectivity index (χ0n) is 15.1. The van der Waals surface area contributed by atoms with Gasteiger partial charge in [-0.05, 0) is 51.1 Å². The molecule has 3 aromatic rings. The molecular weight excluding hydrogens is 438 g/mol. The number of carboxylic acids is 1. The second-order valence-electron chi connectivity index (χ2n) is 6.59. The van der Waals surface area contributed by atoms with Crippen LogP contribution in [0.2, 0.25) is 0 Å². The normalized spacial score (nSPS) is 14.4. The fourth-order valence-electron chi connectivity index (χ4n) is 3.01. The number of benzene rings is 1. The average Bonchev–Trinajstić information content (AvgIpc) is 2.74. The number of carbonyl (C=O) groups is 2. The Morgan fingerprint density at radius 3 is 2.66 bits per heavy atom. The van der Waals surface area contributed by atoms with E-state index >= 15 is 0 Å². The zero-order valence-corrected chi connectivity index (χ0v) is 16.7. The van der Waals surface area contributed by atoms with Gasteiger partial charge in [-0.1, -0.05) is 12.1 Å². The highest BCUT2D eigenvalue weighted by atomic mass is 79.9. The van der Waals surface area contributed by atoms with Gasteiger partial charge >= 0.3 is 5.97 Å². The van der Waals surface area contributed by atoms with Crippen LogP contribution in [0, 0.1) is 0 Å². The third-order valence-corrected chi connectivity index (χ3v) is 5.52. The Labute approximate surface area is 174 Å². The van der Waals surface area contributed by atoms with Crippen LogP contribution in [0.25, 0.3) is 10.8 Å². The van der Waals surface area contributed by atoms with Crippen molar-refractivity contribution in [1.29, 1.82) is 0 Å². The van der Waals surface area contributed by atoms with Crippen LogP contribution >= 0.6 is 15.9 Å². The van der Waals surface area contributed by atoms with E-state index in [1.807, 2.05) is 24.3 Å². The minimum atomic E-state index is -0.982. The molecule has 0 saturated heterocycles. The van der Waals surface area contributed by atoms with Crippen LogP contribution in [0.15, 0.2) is 65.2 Å². The molecule has 7 nitrogen and oxygen atoms in total. The molecule has 0 spiro atoms. The molecule has 0 fully saturated rings. The lowest BCUT2D eigenvalue weighted by Gasteiger charge is -2.24. The summed E-state index contributed by atoms with van der Waals surface area (Å²) in [6, 6.07) is 10.1. The van der Waals surface area contributed by atoms with E-state index < -0.39 is 12.0 Å². The largest absolute Gasteiger partial charge is 0.480 e. The van der Waals surface area contributed by atoms with Crippen LogP contribution in [-0.4, -0.2) is 32.9 Å². The monoisotopic (exact) mass is 453 g/mol. The zero-order chi connectivity index (χ0) is 20.4. The van der Waals surface area contributed by atoms with Crippen molar-refractivity contribution in [1.82, 2.24) is 15.3 Å². The lowest BCUT2D eigenvalue weighted by Crippen LogP contribution is -2.41. The Balaban J connectivity index is 1.47. The van der Waals surface area contributed by atoms with Gasteiger partial charge in [0, 0.05) is 30.7 Å². The van der Waals surface area contributed by atoms with Gasteiger partial charge in [-0.15, -0.1) is 0 Å². The third-order valence-electron chi connectivity index (χ3n) is 4.60. The summed E-state index contributed by atoms with van der Waals surface area (Å²) in [5, 5.41) is 14.2. The fraction of sp³-hybridized carbons (Fsp3) is 0.143. The van der Waals surface area contributed by atoms with Gasteiger partial charge in [-0.2, -0.15) is 0 Å². The van der Waals surface area contributed by atoms with Crippen molar-refractivity contribution in [2.24, 2.45) is 0 Å². The molecule has 1 aliphatic carbocycles. The van der Waals surface area contributed by atoms with E-state index in [1.54, 1.807) is 30.7 Å². The van der Waals surface area contributed by atoms with E-state index in [0.717, 1.165) is 16.3 Å². The summed E-state index contributed by atoms with van der Waals surface area (Å²) >= 11 is 3.16. The first-order valence-electron chi connectivity index (χ1n) is 8.88. The molecule has 1 aromatic carbocycles. The number of nitrogens with one attached hydrogen (secondary N) is 1. The summed E-state index contributed by atoms with van der Waals surface area (Å²) in [5.41, 5.74) is 1.45. The number of aliphatic carboxylic acids is 1. The van der Waals surface area contributed by atoms with Crippen molar-refractivity contribution >= 4 is 38.5 Å². The number of fused-ring (bicyclic) bond motifs is 1. The lowest BCUT2D eigenvalue weighted by molar-refractivity contribution is -0.139. The van der Waals surface area contributed by atoms with Crippen molar-refractivity contribution in [3.05, 3.63) is 70.7 Å². The first-order valence-corrected chi connectivity index (χ1v) is 9.67. The highest BCUT2D eigenvalue weighted by molar-refractivity contribution is 9.12.